The van der Waals surface area contributed by atoms with Gasteiger partial charge < -0.3 is 11.1 Å². The molecule has 7 heteroatoms. The van der Waals surface area contributed by atoms with Crippen molar-refractivity contribution in [1.29, 1.82) is 0 Å². The van der Waals surface area contributed by atoms with E-state index in [4.69, 9.17) is 28.9 Å². The third-order valence-electron chi connectivity index (χ3n) is 3.15. The van der Waals surface area contributed by atoms with Gasteiger partial charge in [0.05, 0.1) is 12.2 Å². The van der Waals surface area contributed by atoms with E-state index in [9.17, 15) is 4.79 Å². The smallest absolute Gasteiger partial charge is 0.242 e. The maximum atomic E-state index is 12.2. The minimum atomic E-state index is -0.771. The zero-order valence-electron chi connectivity index (χ0n) is 11.7. The largest absolute Gasteiger partial charge is 0.348 e. The number of aryl methyl sites for hydroxylation is 1. The van der Waals surface area contributed by atoms with Crippen molar-refractivity contribution in [3.63, 3.8) is 0 Å². The zero-order valence-corrected chi connectivity index (χ0v) is 13.2. The van der Waals surface area contributed by atoms with Gasteiger partial charge in [0.25, 0.3) is 0 Å². The van der Waals surface area contributed by atoms with Gasteiger partial charge in [-0.25, -0.2) is 0 Å². The molecule has 2 unspecified atom stereocenters. The van der Waals surface area contributed by atoms with E-state index < -0.39 is 6.04 Å². The fraction of sp³-hybridized carbons (Fsp3) is 0.286. The number of amides is 1. The second-order valence-electron chi connectivity index (χ2n) is 4.82. The maximum absolute atomic E-state index is 12.2. The van der Waals surface area contributed by atoms with E-state index in [2.05, 4.69) is 10.4 Å². The summed E-state index contributed by atoms with van der Waals surface area (Å²) in [7, 11) is 1.77. The second-order valence-corrected chi connectivity index (χ2v) is 5.66. The molecule has 0 saturated heterocycles. The van der Waals surface area contributed by atoms with Crippen molar-refractivity contribution in [2.24, 2.45) is 12.8 Å². The van der Waals surface area contributed by atoms with Crippen LogP contribution < -0.4 is 11.1 Å². The van der Waals surface area contributed by atoms with Gasteiger partial charge in [-0.1, -0.05) is 29.3 Å². The van der Waals surface area contributed by atoms with Gasteiger partial charge in [0.15, 0.2) is 0 Å². The molecule has 3 N–H and O–H groups in total. The van der Waals surface area contributed by atoms with Crippen LogP contribution in [0, 0.1) is 0 Å². The Hall–Kier alpha value is -1.56. The van der Waals surface area contributed by atoms with Gasteiger partial charge in [-0.3, -0.25) is 9.48 Å². The molecule has 1 amide bonds. The van der Waals surface area contributed by atoms with Crippen molar-refractivity contribution >= 4 is 29.1 Å². The average Bonchev–Trinajstić information content (AvgIpc) is 2.84. The summed E-state index contributed by atoms with van der Waals surface area (Å²) in [5.74, 6) is -0.290. The number of benzene rings is 1. The molecule has 112 valence electrons. The maximum Gasteiger partial charge on any atom is 0.242 e. The topological polar surface area (TPSA) is 72.9 Å². The van der Waals surface area contributed by atoms with Crippen LogP contribution in [0.5, 0.6) is 0 Å². The molecule has 1 heterocycles. The number of nitrogens with one attached hydrogen (secondary N) is 1. The third-order valence-corrected chi connectivity index (χ3v) is 3.72. The molecule has 1 aromatic carbocycles. The third kappa shape index (κ3) is 3.75. The van der Waals surface area contributed by atoms with Crippen LogP contribution in [0.25, 0.3) is 0 Å². The zero-order chi connectivity index (χ0) is 15.6. The van der Waals surface area contributed by atoms with Crippen molar-refractivity contribution in [3.8, 4) is 0 Å². The molecule has 0 saturated carbocycles. The predicted molar refractivity (Wildman–Crippen MR) is 83.2 cm³/mol. The molecule has 0 aliphatic rings. The minimum Gasteiger partial charge on any atom is -0.348 e. The molecular weight excluding hydrogens is 311 g/mol. The molecule has 21 heavy (non-hydrogen) atoms. The SMILES string of the molecule is CC(NC(=O)C(N)c1cnn(C)c1)c1ccc(Cl)cc1Cl. The molecule has 0 fully saturated rings. The summed E-state index contributed by atoms with van der Waals surface area (Å²) >= 11 is 12.0. The van der Waals surface area contributed by atoms with E-state index in [0.29, 0.717) is 15.6 Å². The van der Waals surface area contributed by atoms with Gasteiger partial charge in [0.2, 0.25) is 5.91 Å². The Kier molecular flexibility index (Phi) is 4.88. The molecule has 2 atom stereocenters. The molecule has 2 aromatic rings. The second kappa shape index (κ2) is 6.47. The molecule has 5 nitrogen and oxygen atoms in total. The van der Waals surface area contributed by atoms with E-state index in [1.54, 1.807) is 42.3 Å². The highest BCUT2D eigenvalue weighted by Crippen LogP contribution is 2.26. The summed E-state index contributed by atoms with van der Waals surface area (Å²) in [6.45, 7) is 1.84. The van der Waals surface area contributed by atoms with Crippen molar-refractivity contribution in [3.05, 3.63) is 51.8 Å². The highest BCUT2D eigenvalue weighted by atomic mass is 35.5. The fourth-order valence-corrected chi connectivity index (χ4v) is 2.56. The summed E-state index contributed by atoms with van der Waals surface area (Å²) in [4.78, 5) is 12.2. The van der Waals surface area contributed by atoms with Crippen LogP contribution in [0.1, 0.15) is 30.1 Å². The van der Waals surface area contributed by atoms with E-state index in [1.165, 1.54) is 0 Å². The molecule has 0 spiro atoms. The monoisotopic (exact) mass is 326 g/mol. The minimum absolute atomic E-state index is 0.273. The van der Waals surface area contributed by atoms with Gasteiger partial charge in [-0.15, -0.1) is 0 Å². The van der Waals surface area contributed by atoms with Crippen molar-refractivity contribution in [1.82, 2.24) is 15.1 Å². The summed E-state index contributed by atoms with van der Waals surface area (Å²) in [5, 5.41) is 7.89. The van der Waals surface area contributed by atoms with Crippen LogP contribution in [-0.2, 0) is 11.8 Å². The first-order chi connectivity index (χ1) is 9.88. The first-order valence-corrected chi connectivity index (χ1v) is 7.13. The number of carbonyl (C=O) groups excluding carboxylic acids is 1. The number of hydrogen-bond acceptors (Lipinski definition) is 3. The van der Waals surface area contributed by atoms with Crippen molar-refractivity contribution in [2.75, 3.05) is 0 Å². The molecule has 0 bridgehead atoms. The van der Waals surface area contributed by atoms with Crippen molar-refractivity contribution in [2.45, 2.75) is 19.0 Å². The lowest BCUT2D eigenvalue weighted by atomic mass is 10.1. The number of halogens is 2. The van der Waals surface area contributed by atoms with Gasteiger partial charge in [-0.2, -0.15) is 5.10 Å². The van der Waals surface area contributed by atoms with Crippen LogP contribution in [0.4, 0.5) is 0 Å². The molecule has 1 aromatic heterocycles. The first-order valence-electron chi connectivity index (χ1n) is 6.38. The summed E-state index contributed by atoms with van der Waals surface area (Å²) in [6, 6.07) is 4.11. The highest BCUT2D eigenvalue weighted by Gasteiger charge is 2.20. The lowest BCUT2D eigenvalue weighted by Gasteiger charge is -2.18. The first kappa shape index (κ1) is 15.8. The summed E-state index contributed by atoms with van der Waals surface area (Å²) in [6.07, 6.45) is 3.29. The Balaban J connectivity index is 2.08. The van der Waals surface area contributed by atoms with Gasteiger partial charge in [0.1, 0.15) is 6.04 Å². The van der Waals surface area contributed by atoms with Gasteiger partial charge in [0, 0.05) is 28.9 Å². The number of aromatic nitrogens is 2. The van der Waals surface area contributed by atoms with Crippen LogP contribution in [0.15, 0.2) is 30.6 Å². The van der Waals surface area contributed by atoms with E-state index in [1.807, 2.05) is 6.92 Å². The van der Waals surface area contributed by atoms with Crippen LogP contribution in [0.3, 0.4) is 0 Å². The number of hydrogen-bond donors (Lipinski definition) is 2. The Bertz CT molecular complexity index is 656. The Labute approximate surface area is 133 Å². The molecule has 2 rings (SSSR count). The molecule has 0 radical (unpaired) electrons. The predicted octanol–water partition coefficient (Wildman–Crippen LogP) is 2.60. The van der Waals surface area contributed by atoms with Crippen LogP contribution in [-0.4, -0.2) is 15.7 Å². The Morgan fingerprint density at radius 1 is 1.43 bits per heavy atom. The fourth-order valence-electron chi connectivity index (χ4n) is 1.99. The van der Waals surface area contributed by atoms with E-state index in [-0.39, 0.29) is 11.9 Å². The Morgan fingerprint density at radius 2 is 2.14 bits per heavy atom. The number of carbonyl (C=O) groups is 1. The normalized spacial score (nSPS) is 13.8. The molecule has 0 aliphatic carbocycles. The quantitative estimate of drug-likeness (QED) is 0.907. The van der Waals surface area contributed by atoms with E-state index in [0.717, 1.165) is 5.56 Å². The number of rotatable bonds is 4. The standard InChI is InChI=1S/C14H16Cl2N4O/c1-8(11-4-3-10(15)5-12(11)16)19-14(21)13(17)9-6-18-20(2)7-9/h3-8,13H,17H2,1-2H3,(H,19,21). The van der Waals surface area contributed by atoms with E-state index >= 15 is 0 Å². The summed E-state index contributed by atoms with van der Waals surface area (Å²) in [5.41, 5.74) is 7.36. The molecular formula is C14H16Cl2N4O. The highest BCUT2D eigenvalue weighted by molar-refractivity contribution is 6.35. The van der Waals surface area contributed by atoms with Crippen LogP contribution >= 0.6 is 23.2 Å². The van der Waals surface area contributed by atoms with Crippen LogP contribution in [0.2, 0.25) is 10.0 Å². The molecule has 0 aliphatic heterocycles. The number of nitrogens with two attached hydrogens (primary N) is 1. The Morgan fingerprint density at radius 3 is 2.71 bits per heavy atom. The average molecular weight is 327 g/mol. The van der Waals surface area contributed by atoms with Crippen molar-refractivity contribution < 1.29 is 4.79 Å². The summed E-state index contributed by atoms with van der Waals surface area (Å²) < 4.78 is 1.60. The lowest BCUT2D eigenvalue weighted by molar-refractivity contribution is -0.123. The van der Waals surface area contributed by atoms with Gasteiger partial charge in [-0.05, 0) is 24.6 Å². The number of nitrogens with zero attached hydrogens (tertiary/aromatic N) is 2. The lowest BCUT2D eigenvalue weighted by Crippen LogP contribution is -2.35. The van der Waals surface area contributed by atoms with Gasteiger partial charge >= 0.3 is 0 Å².